The highest BCUT2D eigenvalue weighted by Crippen LogP contribution is 2.29. The lowest BCUT2D eigenvalue weighted by Gasteiger charge is -2.11. The molecular formula is C23H20N2O5. The minimum Gasteiger partial charge on any atom is -0.490 e. The Morgan fingerprint density at radius 1 is 0.967 bits per heavy atom. The molecule has 0 saturated heterocycles. The first kappa shape index (κ1) is 20.6. The number of carboxylic acids is 1. The predicted molar refractivity (Wildman–Crippen MR) is 114 cm³/mol. The average Bonchev–Trinajstić information content (AvgIpc) is 2.76. The largest absolute Gasteiger partial charge is 0.490 e. The maximum Gasteiger partial charge on any atom is 0.343 e. The molecule has 30 heavy (non-hydrogen) atoms. The van der Waals surface area contributed by atoms with E-state index < -0.39 is 11.9 Å². The number of carboxylic acid groups (broad SMARTS) is 1. The molecule has 0 aromatic heterocycles. The molecule has 0 aliphatic carbocycles. The van der Waals surface area contributed by atoms with Crippen molar-refractivity contribution in [2.24, 2.45) is 5.10 Å². The van der Waals surface area contributed by atoms with Gasteiger partial charge >= 0.3 is 11.9 Å². The van der Waals surface area contributed by atoms with E-state index in [4.69, 9.17) is 14.6 Å². The van der Waals surface area contributed by atoms with E-state index in [1.54, 1.807) is 60.8 Å². The number of carbonyl (C=O) groups is 2. The Hall–Kier alpha value is -4.13. The summed E-state index contributed by atoms with van der Waals surface area (Å²) < 4.78 is 11.1. The highest BCUT2D eigenvalue weighted by Gasteiger charge is 2.13. The van der Waals surface area contributed by atoms with Crippen LogP contribution in [0, 0.1) is 0 Å². The van der Waals surface area contributed by atoms with Gasteiger partial charge in [0, 0.05) is 0 Å². The van der Waals surface area contributed by atoms with E-state index in [1.165, 1.54) is 12.1 Å². The predicted octanol–water partition coefficient (Wildman–Crippen LogP) is 4.45. The fourth-order valence-corrected chi connectivity index (χ4v) is 2.59. The Morgan fingerprint density at radius 3 is 2.47 bits per heavy atom. The third-order valence-electron chi connectivity index (χ3n) is 4.00. The summed E-state index contributed by atoms with van der Waals surface area (Å²) in [4.78, 5) is 23.3. The van der Waals surface area contributed by atoms with Crippen molar-refractivity contribution in [3.8, 4) is 11.5 Å². The van der Waals surface area contributed by atoms with E-state index in [0.717, 1.165) is 0 Å². The van der Waals surface area contributed by atoms with Crippen LogP contribution in [0.3, 0.4) is 0 Å². The Morgan fingerprint density at radius 2 is 1.73 bits per heavy atom. The van der Waals surface area contributed by atoms with Gasteiger partial charge in [0.25, 0.3) is 0 Å². The SMILES string of the molecule is CCOc1cc(/C=N/Nc2cccc(C(=O)O)c2)ccc1OC(=O)c1ccccc1. The van der Waals surface area contributed by atoms with Gasteiger partial charge in [0.15, 0.2) is 11.5 Å². The van der Waals surface area contributed by atoms with E-state index in [0.29, 0.717) is 34.9 Å². The molecule has 7 heteroatoms. The molecular weight excluding hydrogens is 384 g/mol. The molecule has 7 nitrogen and oxygen atoms in total. The summed E-state index contributed by atoms with van der Waals surface area (Å²) in [5.41, 5.74) is 4.65. The minimum atomic E-state index is -1.01. The number of esters is 1. The number of benzene rings is 3. The molecule has 2 N–H and O–H groups in total. The lowest BCUT2D eigenvalue weighted by molar-refractivity contribution is 0.0694. The first-order chi connectivity index (χ1) is 14.6. The van der Waals surface area contributed by atoms with Gasteiger partial charge in [-0.3, -0.25) is 5.43 Å². The molecule has 0 amide bonds. The first-order valence-electron chi connectivity index (χ1n) is 9.23. The molecule has 0 bridgehead atoms. The van der Waals surface area contributed by atoms with E-state index in [1.807, 2.05) is 13.0 Å². The van der Waals surface area contributed by atoms with Gasteiger partial charge in [0.2, 0.25) is 0 Å². The van der Waals surface area contributed by atoms with Crippen LogP contribution in [-0.4, -0.2) is 29.9 Å². The number of rotatable bonds is 8. The Labute approximate surface area is 173 Å². The van der Waals surface area contributed by atoms with Crippen LogP contribution < -0.4 is 14.9 Å². The zero-order valence-corrected chi connectivity index (χ0v) is 16.2. The summed E-state index contributed by atoms with van der Waals surface area (Å²) >= 11 is 0. The zero-order valence-electron chi connectivity index (χ0n) is 16.2. The van der Waals surface area contributed by atoms with Crippen molar-refractivity contribution in [1.82, 2.24) is 0 Å². The molecule has 0 radical (unpaired) electrons. The molecule has 3 aromatic rings. The fourth-order valence-electron chi connectivity index (χ4n) is 2.59. The van der Waals surface area contributed by atoms with Crippen LogP contribution in [0.2, 0.25) is 0 Å². The van der Waals surface area contributed by atoms with Crippen LogP contribution >= 0.6 is 0 Å². The fraction of sp³-hybridized carbons (Fsp3) is 0.0870. The smallest absolute Gasteiger partial charge is 0.343 e. The van der Waals surface area contributed by atoms with Crippen LogP contribution in [0.4, 0.5) is 5.69 Å². The monoisotopic (exact) mass is 404 g/mol. The third-order valence-corrected chi connectivity index (χ3v) is 4.00. The number of hydrogen-bond acceptors (Lipinski definition) is 6. The minimum absolute atomic E-state index is 0.165. The molecule has 152 valence electrons. The van der Waals surface area contributed by atoms with Gasteiger partial charge in [-0.15, -0.1) is 0 Å². The van der Waals surface area contributed by atoms with Crippen LogP contribution in [0.25, 0.3) is 0 Å². The molecule has 0 spiro atoms. The second kappa shape index (κ2) is 9.88. The number of nitrogens with one attached hydrogen (secondary N) is 1. The second-order valence-electron chi connectivity index (χ2n) is 6.15. The van der Waals surface area contributed by atoms with Crippen LogP contribution in [0.5, 0.6) is 11.5 Å². The Balaban J connectivity index is 1.72. The molecule has 0 aliphatic heterocycles. The number of hydrogen-bond donors (Lipinski definition) is 2. The summed E-state index contributed by atoms with van der Waals surface area (Å²) in [7, 11) is 0. The summed E-state index contributed by atoms with van der Waals surface area (Å²) in [6.45, 7) is 2.23. The van der Waals surface area contributed by atoms with Gasteiger partial charge < -0.3 is 14.6 Å². The Kier molecular flexibility index (Phi) is 6.78. The van der Waals surface area contributed by atoms with E-state index in [-0.39, 0.29) is 5.56 Å². The van der Waals surface area contributed by atoms with Gasteiger partial charge in [0.05, 0.1) is 29.6 Å². The maximum atomic E-state index is 12.3. The van der Waals surface area contributed by atoms with Crippen molar-refractivity contribution in [1.29, 1.82) is 0 Å². The van der Waals surface area contributed by atoms with Crippen LogP contribution in [0.1, 0.15) is 33.2 Å². The van der Waals surface area contributed by atoms with Crippen molar-refractivity contribution in [3.63, 3.8) is 0 Å². The molecule has 0 heterocycles. The van der Waals surface area contributed by atoms with Crippen molar-refractivity contribution < 1.29 is 24.2 Å². The van der Waals surface area contributed by atoms with E-state index >= 15 is 0 Å². The first-order valence-corrected chi connectivity index (χ1v) is 9.23. The van der Waals surface area contributed by atoms with Gasteiger partial charge in [-0.05, 0) is 61.0 Å². The molecule has 0 fully saturated rings. The summed E-state index contributed by atoms with van der Waals surface area (Å²) in [5, 5.41) is 13.2. The number of nitrogens with zero attached hydrogens (tertiary/aromatic N) is 1. The Bertz CT molecular complexity index is 1060. The van der Waals surface area contributed by atoms with Crippen molar-refractivity contribution in [2.75, 3.05) is 12.0 Å². The molecule has 0 saturated carbocycles. The molecule has 0 aliphatic rings. The van der Waals surface area contributed by atoms with Gasteiger partial charge in [-0.1, -0.05) is 24.3 Å². The second-order valence-corrected chi connectivity index (χ2v) is 6.15. The molecule has 3 rings (SSSR count). The number of carbonyl (C=O) groups excluding carboxylic acids is 1. The standard InChI is InChI=1S/C23H20N2O5/c1-2-29-21-13-16(15-24-25-19-10-6-9-18(14-19)22(26)27)11-12-20(21)30-23(28)17-7-4-3-5-8-17/h3-15,25H,2H2,1H3,(H,26,27)/b24-15+. The van der Waals surface area contributed by atoms with Gasteiger partial charge in [-0.2, -0.15) is 5.10 Å². The van der Waals surface area contributed by atoms with Crippen molar-refractivity contribution in [2.45, 2.75) is 6.92 Å². The van der Waals surface area contributed by atoms with E-state index in [2.05, 4.69) is 10.5 Å². The van der Waals surface area contributed by atoms with Gasteiger partial charge in [0.1, 0.15) is 0 Å². The summed E-state index contributed by atoms with van der Waals surface area (Å²) in [6.07, 6.45) is 1.55. The number of aromatic carboxylic acids is 1. The molecule has 3 aromatic carbocycles. The molecule has 0 atom stereocenters. The van der Waals surface area contributed by atoms with Crippen molar-refractivity contribution >= 4 is 23.8 Å². The average molecular weight is 404 g/mol. The van der Waals surface area contributed by atoms with Gasteiger partial charge in [-0.25, -0.2) is 9.59 Å². The highest BCUT2D eigenvalue weighted by atomic mass is 16.6. The number of ether oxygens (including phenoxy) is 2. The zero-order chi connectivity index (χ0) is 21.3. The third kappa shape index (κ3) is 5.45. The lowest BCUT2D eigenvalue weighted by Crippen LogP contribution is -2.09. The number of anilines is 1. The highest BCUT2D eigenvalue weighted by molar-refractivity contribution is 5.91. The van der Waals surface area contributed by atoms with Crippen LogP contribution in [0.15, 0.2) is 77.9 Å². The number of hydrazone groups is 1. The summed E-state index contributed by atoms with van der Waals surface area (Å²) in [5.74, 6) is -0.758. The normalized spacial score (nSPS) is 10.6. The maximum absolute atomic E-state index is 12.3. The summed E-state index contributed by atoms with van der Waals surface area (Å²) in [6, 6.07) is 20.1. The molecule has 0 unspecified atom stereocenters. The quantitative estimate of drug-likeness (QED) is 0.249. The van der Waals surface area contributed by atoms with Crippen LogP contribution in [-0.2, 0) is 0 Å². The lowest BCUT2D eigenvalue weighted by atomic mass is 10.2. The van der Waals surface area contributed by atoms with E-state index in [9.17, 15) is 9.59 Å². The van der Waals surface area contributed by atoms with Crippen molar-refractivity contribution in [3.05, 3.63) is 89.5 Å². The topological polar surface area (TPSA) is 97.2 Å².